The lowest BCUT2D eigenvalue weighted by atomic mass is 9.84. The summed E-state index contributed by atoms with van der Waals surface area (Å²) in [7, 11) is 1.69. The summed E-state index contributed by atoms with van der Waals surface area (Å²) in [5.41, 5.74) is 1.95. The number of nitrogens with zero attached hydrogens (tertiary/aromatic N) is 2. The maximum atomic E-state index is 5.57. The van der Waals surface area contributed by atoms with Crippen LogP contribution in [-0.4, -0.2) is 17.3 Å². The van der Waals surface area contributed by atoms with Gasteiger partial charge in [-0.3, -0.25) is 5.43 Å². The fourth-order valence-electron chi connectivity index (χ4n) is 2.11. The van der Waals surface area contributed by atoms with Crippen molar-refractivity contribution in [3.63, 3.8) is 0 Å². The summed E-state index contributed by atoms with van der Waals surface area (Å²) in [5.74, 6) is 5.79. The molecule has 0 spiro atoms. The predicted octanol–water partition coefficient (Wildman–Crippen LogP) is 1.16. The van der Waals surface area contributed by atoms with Crippen LogP contribution in [-0.2, 0) is 10.3 Å². The van der Waals surface area contributed by atoms with Crippen molar-refractivity contribution in [1.82, 2.24) is 10.1 Å². The molecule has 0 saturated heterocycles. The molecule has 3 N–H and O–H groups in total. The van der Waals surface area contributed by atoms with E-state index in [0.29, 0.717) is 5.82 Å². The molecule has 1 aromatic heterocycles. The third-order valence-corrected chi connectivity index (χ3v) is 3.01. The predicted molar refractivity (Wildman–Crippen MR) is 53.9 cm³/mol. The Morgan fingerprint density at radius 3 is 2.67 bits per heavy atom. The number of rotatable bonds is 3. The van der Waals surface area contributed by atoms with Gasteiger partial charge in [-0.25, -0.2) is 5.84 Å². The molecule has 0 amide bonds. The number of ether oxygens (including phenoxy) is 1. The minimum absolute atomic E-state index is 0.229. The first kappa shape index (κ1) is 10.4. The quantitative estimate of drug-likeness (QED) is 0.577. The van der Waals surface area contributed by atoms with Gasteiger partial charge in [0.05, 0.1) is 0 Å². The van der Waals surface area contributed by atoms with Crippen molar-refractivity contribution in [3.8, 4) is 0 Å². The average molecular weight is 212 g/mol. The Morgan fingerprint density at radius 1 is 1.40 bits per heavy atom. The number of hydrogen-bond acceptors (Lipinski definition) is 6. The Morgan fingerprint density at radius 2 is 2.13 bits per heavy atom. The van der Waals surface area contributed by atoms with Gasteiger partial charge < -0.3 is 9.26 Å². The molecule has 0 unspecified atom stereocenters. The van der Waals surface area contributed by atoms with Crippen molar-refractivity contribution in [1.29, 1.82) is 0 Å². The van der Waals surface area contributed by atoms with Crippen LogP contribution in [0.5, 0.6) is 0 Å². The van der Waals surface area contributed by atoms with Gasteiger partial charge in [0.1, 0.15) is 5.60 Å². The van der Waals surface area contributed by atoms with Gasteiger partial charge in [0.15, 0.2) is 0 Å². The molecule has 6 nitrogen and oxygen atoms in total. The first-order chi connectivity index (χ1) is 7.30. The molecule has 1 aliphatic carbocycles. The molecule has 1 aliphatic rings. The van der Waals surface area contributed by atoms with E-state index in [1.165, 1.54) is 6.42 Å². The fraction of sp³-hybridized carbons (Fsp3) is 0.778. The monoisotopic (exact) mass is 212 g/mol. The zero-order valence-corrected chi connectivity index (χ0v) is 8.82. The first-order valence-electron chi connectivity index (χ1n) is 5.17. The van der Waals surface area contributed by atoms with Gasteiger partial charge in [-0.05, 0) is 12.8 Å². The van der Waals surface area contributed by atoms with E-state index in [1.54, 1.807) is 7.11 Å². The lowest BCUT2D eigenvalue weighted by Crippen LogP contribution is -2.32. The largest absolute Gasteiger partial charge is 0.370 e. The molecule has 1 aromatic rings. The van der Waals surface area contributed by atoms with Crippen LogP contribution in [0.25, 0.3) is 0 Å². The zero-order chi connectivity index (χ0) is 10.7. The number of methoxy groups -OCH3 is 1. The van der Waals surface area contributed by atoms with Gasteiger partial charge in [0.25, 0.3) is 0 Å². The van der Waals surface area contributed by atoms with E-state index in [0.717, 1.165) is 25.7 Å². The summed E-state index contributed by atoms with van der Waals surface area (Å²) in [5, 5.41) is 3.90. The Labute approximate surface area is 88.1 Å². The van der Waals surface area contributed by atoms with E-state index in [1.807, 2.05) is 0 Å². The van der Waals surface area contributed by atoms with Crippen molar-refractivity contribution in [2.45, 2.75) is 37.7 Å². The fourth-order valence-corrected chi connectivity index (χ4v) is 2.11. The van der Waals surface area contributed by atoms with E-state index >= 15 is 0 Å². The second-order valence-corrected chi connectivity index (χ2v) is 3.83. The summed E-state index contributed by atoms with van der Waals surface area (Å²) in [6, 6.07) is 0.229. The highest BCUT2D eigenvalue weighted by Crippen LogP contribution is 2.38. The summed E-state index contributed by atoms with van der Waals surface area (Å²) < 4.78 is 10.5. The normalized spacial score (nSPS) is 20.1. The van der Waals surface area contributed by atoms with Crippen LogP contribution in [0.1, 0.15) is 37.9 Å². The number of nitrogen functional groups attached to an aromatic ring is 1. The van der Waals surface area contributed by atoms with Crippen molar-refractivity contribution < 1.29 is 9.26 Å². The number of aromatic nitrogens is 2. The van der Waals surface area contributed by atoms with Crippen LogP contribution < -0.4 is 11.3 Å². The maximum absolute atomic E-state index is 5.57. The van der Waals surface area contributed by atoms with Gasteiger partial charge in [-0.15, -0.1) is 0 Å². The van der Waals surface area contributed by atoms with Crippen LogP contribution in [0.3, 0.4) is 0 Å². The zero-order valence-electron chi connectivity index (χ0n) is 8.82. The number of hydrogen-bond donors (Lipinski definition) is 2. The summed E-state index contributed by atoms with van der Waals surface area (Å²) >= 11 is 0. The molecule has 0 aliphatic heterocycles. The van der Waals surface area contributed by atoms with Crippen LogP contribution in [0.15, 0.2) is 4.52 Å². The Balaban J connectivity index is 2.24. The number of nitrogens with two attached hydrogens (primary N) is 1. The van der Waals surface area contributed by atoms with Crippen LogP contribution in [0.2, 0.25) is 0 Å². The van der Waals surface area contributed by atoms with E-state index in [9.17, 15) is 0 Å². The molecule has 0 atom stereocenters. The molecule has 1 saturated carbocycles. The number of nitrogens with one attached hydrogen (secondary N) is 1. The smallest absolute Gasteiger partial charge is 0.335 e. The molecule has 2 rings (SSSR count). The van der Waals surface area contributed by atoms with Gasteiger partial charge in [0, 0.05) is 7.11 Å². The Bertz CT molecular complexity index is 320. The Kier molecular flexibility index (Phi) is 2.88. The second-order valence-electron chi connectivity index (χ2n) is 3.83. The van der Waals surface area contributed by atoms with Crippen LogP contribution in [0.4, 0.5) is 6.01 Å². The van der Waals surface area contributed by atoms with Crippen molar-refractivity contribution in [3.05, 3.63) is 5.82 Å². The summed E-state index contributed by atoms with van der Waals surface area (Å²) in [6.07, 6.45) is 5.38. The molecule has 0 aromatic carbocycles. The van der Waals surface area contributed by atoms with Crippen LogP contribution in [0, 0.1) is 0 Å². The van der Waals surface area contributed by atoms with Gasteiger partial charge in [-0.2, -0.15) is 4.98 Å². The summed E-state index contributed by atoms with van der Waals surface area (Å²) in [4.78, 5) is 4.16. The SMILES string of the molecule is COC1(c2noc(NN)n2)CCCCC1. The molecule has 15 heavy (non-hydrogen) atoms. The minimum Gasteiger partial charge on any atom is -0.370 e. The third-order valence-electron chi connectivity index (χ3n) is 3.01. The number of hydrazine groups is 1. The van der Waals surface area contributed by atoms with Crippen molar-refractivity contribution >= 4 is 6.01 Å². The van der Waals surface area contributed by atoms with E-state index < -0.39 is 0 Å². The summed E-state index contributed by atoms with van der Waals surface area (Å²) in [6.45, 7) is 0. The molecular formula is C9H16N4O2. The molecule has 0 radical (unpaired) electrons. The molecule has 84 valence electrons. The van der Waals surface area contributed by atoms with E-state index in [2.05, 4.69) is 15.6 Å². The van der Waals surface area contributed by atoms with E-state index in [-0.39, 0.29) is 11.6 Å². The minimum atomic E-state index is -0.378. The van der Waals surface area contributed by atoms with E-state index in [4.69, 9.17) is 15.1 Å². The van der Waals surface area contributed by atoms with Crippen molar-refractivity contribution in [2.24, 2.45) is 5.84 Å². The maximum Gasteiger partial charge on any atom is 0.335 e. The second kappa shape index (κ2) is 4.16. The molecular weight excluding hydrogens is 196 g/mol. The highest BCUT2D eigenvalue weighted by Gasteiger charge is 2.38. The highest BCUT2D eigenvalue weighted by molar-refractivity contribution is 5.17. The molecule has 1 fully saturated rings. The van der Waals surface area contributed by atoms with Crippen molar-refractivity contribution in [2.75, 3.05) is 12.5 Å². The standard InChI is InChI=1S/C9H16N4O2/c1-14-9(5-3-2-4-6-9)7-11-8(12-10)15-13-7/h2-6,10H2,1H3,(H,11,12,13). The van der Waals surface area contributed by atoms with Crippen LogP contribution >= 0.6 is 0 Å². The highest BCUT2D eigenvalue weighted by atomic mass is 16.5. The lowest BCUT2D eigenvalue weighted by Gasteiger charge is -2.32. The first-order valence-corrected chi connectivity index (χ1v) is 5.17. The van der Waals surface area contributed by atoms with Gasteiger partial charge >= 0.3 is 6.01 Å². The molecule has 0 bridgehead atoms. The number of anilines is 1. The Hall–Kier alpha value is -1.14. The third kappa shape index (κ3) is 1.82. The van der Waals surface area contributed by atoms with Gasteiger partial charge in [0.2, 0.25) is 5.82 Å². The lowest BCUT2D eigenvalue weighted by molar-refractivity contribution is -0.0527. The molecule has 6 heteroatoms. The average Bonchev–Trinajstić information content (AvgIpc) is 2.79. The van der Waals surface area contributed by atoms with Gasteiger partial charge in [-0.1, -0.05) is 24.4 Å². The molecule has 1 heterocycles. The topological polar surface area (TPSA) is 86.2 Å².